The van der Waals surface area contributed by atoms with Crippen molar-refractivity contribution in [1.82, 2.24) is 0 Å². The highest BCUT2D eigenvalue weighted by atomic mass is 16.3. The summed E-state index contributed by atoms with van der Waals surface area (Å²) in [6.45, 7) is 26.6. The average Bonchev–Trinajstić information content (AvgIpc) is 4.01. The maximum Gasteiger partial charge on any atom is 0.252 e. The first-order valence-electron chi connectivity index (χ1n) is 29.8. The maximum absolute atomic E-state index is 7.36. The van der Waals surface area contributed by atoms with E-state index < -0.39 is 0 Å². The average molecular weight is 1040 g/mol. The summed E-state index contributed by atoms with van der Waals surface area (Å²) >= 11 is 0. The molecule has 1 saturated carbocycles. The molecule has 0 spiro atoms. The molecule has 3 heterocycles. The summed E-state index contributed by atoms with van der Waals surface area (Å²) in [5, 5.41) is 2.29. The van der Waals surface area contributed by atoms with Crippen LogP contribution in [0.4, 0.5) is 34.1 Å². The Labute approximate surface area is 474 Å². The van der Waals surface area contributed by atoms with E-state index in [0.717, 1.165) is 27.6 Å². The van der Waals surface area contributed by atoms with Crippen molar-refractivity contribution in [2.75, 3.05) is 9.80 Å². The van der Waals surface area contributed by atoms with Gasteiger partial charge in [-0.3, -0.25) is 0 Å². The molecule has 0 unspecified atom stereocenters. The Bertz CT molecular complexity index is 4230. The first-order valence-corrected chi connectivity index (χ1v) is 29.8. The van der Waals surface area contributed by atoms with E-state index in [2.05, 4.69) is 262 Å². The smallest absolute Gasteiger partial charge is 0.252 e. The number of anilines is 6. The molecule has 3 nitrogen and oxygen atoms in total. The van der Waals surface area contributed by atoms with Crippen LogP contribution in [0.1, 0.15) is 170 Å². The normalized spacial score (nSPS) is 18.0. The molecule has 3 aliphatic carbocycles. The Morgan fingerprint density at radius 1 is 0.450 bits per heavy atom. The van der Waals surface area contributed by atoms with Gasteiger partial charge in [0.2, 0.25) is 0 Å². The highest BCUT2D eigenvalue weighted by Gasteiger charge is 2.50. The summed E-state index contributed by atoms with van der Waals surface area (Å²) in [6.07, 6.45) is 6.18. The van der Waals surface area contributed by atoms with Crippen LogP contribution >= 0.6 is 0 Å². The van der Waals surface area contributed by atoms with Crippen LogP contribution in [-0.2, 0) is 27.1 Å². The lowest BCUT2D eigenvalue weighted by atomic mass is 9.33. The van der Waals surface area contributed by atoms with Crippen molar-refractivity contribution in [1.29, 1.82) is 0 Å². The summed E-state index contributed by atoms with van der Waals surface area (Å²) in [4.78, 5) is 5.42. The highest BCUT2D eigenvalue weighted by Crippen LogP contribution is 2.57. The minimum absolute atomic E-state index is 0.0635. The summed E-state index contributed by atoms with van der Waals surface area (Å²) in [7, 11) is 0. The number of hydrogen-bond acceptors (Lipinski definition) is 3. The molecule has 396 valence electrons. The molecule has 0 N–H and O–H groups in total. The number of hydrogen-bond donors (Lipinski definition) is 0. The van der Waals surface area contributed by atoms with Gasteiger partial charge in [0.25, 0.3) is 6.71 Å². The molecule has 0 radical (unpaired) electrons. The van der Waals surface area contributed by atoms with E-state index in [-0.39, 0.29) is 33.8 Å². The van der Waals surface area contributed by atoms with Crippen LogP contribution in [0, 0.1) is 0 Å². The molecule has 1 aromatic heterocycles. The Hall–Kier alpha value is -7.56. The monoisotopic (exact) mass is 1040 g/mol. The minimum atomic E-state index is -0.254. The van der Waals surface area contributed by atoms with Gasteiger partial charge in [-0.2, -0.15) is 0 Å². The Morgan fingerprint density at radius 2 is 1.01 bits per heavy atom. The van der Waals surface area contributed by atoms with Gasteiger partial charge in [0.15, 0.2) is 5.58 Å². The van der Waals surface area contributed by atoms with E-state index in [1.165, 1.54) is 144 Å². The molecule has 80 heavy (non-hydrogen) atoms. The van der Waals surface area contributed by atoms with Gasteiger partial charge in [0, 0.05) is 60.7 Å². The fourth-order valence-electron chi connectivity index (χ4n) is 16.1. The lowest BCUT2D eigenvalue weighted by Crippen LogP contribution is -2.62. The summed E-state index contributed by atoms with van der Waals surface area (Å²) in [5.74, 6) is 0.439. The van der Waals surface area contributed by atoms with Crippen LogP contribution in [0.2, 0.25) is 0 Å². The molecular formula is C76H73BN2O. The van der Waals surface area contributed by atoms with E-state index in [1.807, 2.05) is 0 Å². The third-order valence-electron chi connectivity index (χ3n) is 20.5. The van der Waals surface area contributed by atoms with Crippen molar-refractivity contribution in [2.45, 2.75) is 141 Å². The van der Waals surface area contributed by atoms with Crippen LogP contribution in [0.3, 0.4) is 0 Å². The fraction of sp³-hybridized carbons (Fsp3) is 0.289. The number of benzene rings is 9. The number of furan rings is 1. The van der Waals surface area contributed by atoms with Crippen LogP contribution in [0.5, 0.6) is 0 Å². The first kappa shape index (κ1) is 49.5. The number of nitrogens with zero attached hydrogens (tertiary/aromatic N) is 2. The summed E-state index contributed by atoms with van der Waals surface area (Å²) in [5.41, 5.74) is 28.6. The zero-order chi connectivity index (χ0) is 55.0. The second kappa shape index (κ2) is 17.0. The number of para-hydroxylation sites is 1. The van der Waals surface area contributed by atoms with Crippen LogP contribution in [-0.4, -0.2) is 6.71 Å². The number of rotatable bonds is 4. The standard InChI is InChI=1S/C76H73BN2O/c1-72(2,3)49-34-39-64(53(42-49)47-26-16-13-17-27-47)79-67-41-48(46-24-14-12-15-25-46)40-66-69(67)77(62-38-36-52-51-28-18-23-33-68(51)80-71(52)70(62)79)63-44-60-61(76(10,11)57-32-22-21-31-56(57)75(60,8)9)45-65(63)78(66)50-35-37-58-59(43-50)74(6,7)55-30-20-19-29-54(55)73(58,4)5/h13,16-23,26-46H,12,14-15,24-25H2,1-11H3. The SMILES string of the molecule is CC(C)(C)c1ccc(N2c3cc(C4CCCCC4)cc4c3B(c3cc5c(cc3N4c3ccc4c(c3)C(C)(C)c3ccccc3C4(C)C)C(C)(C)c3ccccc3C5(C)C)c3ccc4c(oc5ccccc54)c32)c(-c2ccccc2)c1. The van der Waals surface area contributed by atoms with Crippen LogP contribution in [0.15, 0.2) is 180 Å². The molecule has 5 aliphatic rings. The second-order valence-electron chi connectivity index (χ2n) is 27.5. The van der Waals surface area contributed by atoms with Gasteiger partial charge in [-0.1, -0.05) is 223 Å². The second-order valence-corrected chi connectivity index (χ2v) is 27.5. The van der Waals surface area contributed by atoms with Gasteiger partial charge >= 0.3 is 0 Å². The third-order valence-corrected chi connectivity index (χ3v) is 20.5. The Morgan fingerprint density at radius 3 is 1.66 bits per heavy atom. The fourth-order valence-corrected chi connectivity index (χ4v) is 16.1. The molecule has 0 saturated heterocycles. The van der Waals surface area contributed by atoms with Gasteiger partial charge in [-0.15, -0.1) is 0 Å². The molecule has 2 aliphatic heterocycles. The van der Waals surface area contributed by atoms with E-state index in [4.69, 9.17) is 4.42 Å². The van der Waals surface area contributed by atoms with Gasteiger partial charge in [0.05, 0.1) is 11.4 Å². The molecule has 0 amide bonds. The van der Waals surface area contributed by atoms with Crippen molar-refractivity contribution >= 4 is 79.2 Å². The molecule has 4 heteroatoms. The predicted octanol–water partition coefficient (Wildman–Crippen LogP) is 18.6. The Kier molecular flexibility index (Phi) is 10.5. The predicted molar refractivity (Wildman–Crippen MR) is 339 cm³/mol. The lowest BCUT2D eigenvalue weighted by Gasteiger charge is -2.49. The molecule has 1 fully saturated rings. The molecule has 0 bridgehead atoms. The van der Waals surface area contributed by atoms with Crippen molar-refractivity contribution in [3.05, 3.63) is 232 Å². The largest absolute Gasteiger partial charge is 0.454 e. The summed E-state index contributed by atoms with van der Waals surface area (Å²) < 4.78 is 7.36. The topological polar surface area (TPSA) is 19.6 Å². The minimum Gasteiger partial charge on any atom is -0.454 e. The zero-order valence-corrected chi connectivity index (χ0v) is 48.7. The Balaban J connectivity index is 1.10. The number of fused-ring (bicyclic) bond motifs is 12. The maximum atomic E-state index is 7.36. The van der Waals surface area contributed by atoms with E-state index in [9.17, 15) is 0 Å². The first-order chi connectivity index (χ1) is 38.3. The van der Waals surface area contributed by atoms with Gasteiger partial charge in [-0.25, -0.2) is 0 Å². The van der Waals surface area contributed by atoms with Gasteiger partial charge < -0.3 is 14.2 Å². The van der Waals surface area contributed by atoms with Crippen molar-refractivity contribution < 1.29 is 4.42 Å². The van der Waals surface area contributed by atoms with Crippen LogP contribution < -0.4 is 26.2 Å². The summed E-state index contributed by atoms with van der Waals surface area (Å²) in [6, 6.07) is 68.7. The molecule has 9 aromatic carbocycles. The van der Waals surface area contributed by atoms with Crippen molar-refractivity contribution in [2.24, 2.45) is 0 Å². The van der Waals surface area contributed by atoms with E-state index in [1.54, 1.807) is 0 Å². The molecular weight excluding hydrogens is 968 g/mol. The van der Waals surface area contributed by atoms with Gasteiger partial charge in [0.1, 0.15) is 5.58 Å². The van der Waals surface area contributed by atoms with Gasteiger partial charge in [-0.05, 0) is 150 Å². The van der Waals surface area contributed by atoms with E-state index in [0.29, 0.717) is 5.92 Å². The molecule has 15 rings (SSSR count). The highest BCUT2D eigenvalue weighted by molar-refractivity contribution is 7.00. The molecule has 10 aromatic rings. The zero-order valence-electron chi connectivity index (χ0n) is 48.7. The van der Waals surface area contributed by atoms with Crippen molar-refractivity contribution in [3.8, 4) is 11.1 Å². The molecule has 0 atom stereocenters. The third kappa shape index (κ3) is 6.87. The quantitative estimate of drug-likeness (QED) is 0.164. The van der Waals surface area contributed by atoms with E-state index >= 15 is 0 Å². The van der Waals surface area contributed by atoms with Crippen LogP contribution in [0.25, 0.3) is 33.1 Å². The lowest BCUT2D eigenvalue weighted by molar-refractivity contribution is 0.444. The van der Waals surface area contributed by atoms with Crippen molar-refractivity contribution in [3.63, 3.8) is 0 Å².